The van der Waals surface area contributed by atoms with Gasteiger partial charge in [-0.05, 0) is 27.7 Å². The maximum atomic E-state index is 15.9. The summed E-state index contributed by atoms with van der Waals surface area (Å²) in [7, 11) is -3.91. The lowest BCUT2D eigenvalue weighted by Crippen LogP contribution is -2.45. The Hall–Kier alpha value is -1.85. The van der Waals surface area contributed by atoms with Gasteiger partial charge in [-0.3, -0.25) is 18.1 Å². The van der Waals surface area contributed by atoms with Crippen LogP contribution in [-0.4, -0.2) is 56.7 Å². The maximum Gasteiger partial charge on any atom is 0.475 e. The Bertz CT molecular complexity index is 969. The highest BCUT2D eigenvalue weighted by Gasteiger charge is 2.61. The molecule has 2 aromatic rings. The molecule has 29 heavy (non-hydrogen) atoms. The zero-order valence-corrected chi connectivity index (χ0v) is 17.3. The highest BCUT2D eigenvalue weighted by molar-refractivity contribution is 7.48. The fourth-order valence-corrected chi connectivity index (χ4v) is 5.11. The molecule has 0 saturated carbocycles. The van der Waals surface area contributed by atoms with Crippen LogP contribution in [0.2, 0.25) is 0 Å². The number of ether oxygens (including phenoxy) is 2. The van der Waals surface area contributed by atoms with Crippen molar-refractivity contribution in [1.82, 2.24) is 19.5 Å². The monoisotopic (exact) mass is 431 g/mol. The Morgan fingerprint density at radius 2 is 2.24 bits per heavy atom. The number of nitrogens with zero attached hydrogens (tertiary/aromatic N) is 4. The number of anilines is 1. The van der Waals surface area contributed by atoms with E-state index < -0.39 is 38.0 Å². The van der Waals surface area contributed by atoms with Crippen molar-refractivity contribution in [3.63, 3.8) is 0 Å². The van der Waals surface area contributed by atoms with E-state index in [4.69, 9.17) is 28.8 Å². The predicted molar refractivity (Wildman–Crippen MR) is 99.0 cm³/mol. The topological polar surface area (TPSA) is 133 Å². The number of halogens is 1. The summed E-state index contributed by atoms with van der Waals surface area (Å²) in [5.41, 5.74) is 4.25. The second-order valence-corrected chi connectivity index (χ2v) is 8.82. The van der Waals surface area contributed by atoms with Crippen molar-refractivity contribution >= 4 is 24.9 Å². The van der Waals surface area contributed by atoms with Crippen LogP contribution in [0.5, 0.6) is 5.88 Å². The number of hydrogen-bond acceptors (Lipinski definition) is 10. The summed E-state index contributed by atoms with van der Waals surface area (Å²) in [4.78, 5) is 12.4. The number of fused-ring (bicyclic) bond motifs is 2. The minimum Gasteiger partial charge on any atom is -0.476 e. The van der Waals surface area contributed by atoms with Crippen LogP contribution in [0.15, 0.2) is 6.33 Å². The Morgan fingerprint density at radius 1 is 1.48 bits per heavy atom. The third-order valence-corrected chi connectivity index (χ3v) is 6.23. The number of nitrogen functional groups attached to an aromatic ring is 1. The normalized spacial score (nSPS) is 34.6. The smallest absolute Gasteiger partial charge is 0.475 e. The first-order chi connectivity index (χ1) is 13.6. The highest BCUT2D eigenvalue weighted by Crippen LogP contribution is 2.60. The van der Waals surface area contributed by atoms with E-state index in [-0.39, 0.29) is 24.1 Å². The lowest BCUT2D eigenvalue weighted by molar-refractivity contribution is -0.0733. The van der Waals surface area contributed by atoms with Crippen LogP contribution in [0.25, 0.3) is 11.2 Å². The minimum absolute atomic E-state index is 0.0481. The molecule has 2 aliphatic rings. The third kappa shape index (κ3) is 3.49. The number of hydrogen-bond donors (Lipinski definition) is 1. The number of rotatable bonds is 5. The lowest BCUT2D eigenvalue weighted by Gasteiger charge is -2.34. The summed E-state index contributed by atoms with van der Waals surface area (Å²) in [5, 5.41) is 0. The second-order valence-electron chi connectivity index (χ2n) is 7.25. The summed E-state index contributed by atoms with van der Waals surface area (Å²) in [6.07, 6.45) is -2.20. The van der Waals surface area contributed by atoms with Crippen molar-refractivity contribution in [2.45, 2.75) is 57.9 Å². The van der Waals surface area contributed by atoms with Gasteiger partial charge >= 0.3 is 7.82 Å². The first-order valence-corrected chi connectivity index (χ1v) is 10.7. The molecule has 4 rings (SSSR count). The van der Waals surface area contributed by atoms with Crippen LogP contribution >= 0.6 is 7.82 Å². The number of phosphoric acid groups is 1. The van der Waals surface area contributed by atoms with Crippen LogP contribution in [0.3, 0.4) is 0 Å². The molecule has 160 valence electrons. The largest absolute Gasteiger partial charge is 0.476 e. The van der Waals surface area contributed by atoms with Gasteiger partial charge in [0, 0.05) is 0 Å². The van der Waals surface area contributed by atoms with Crippen LogP contribution < -0.4 is 10.5 Å². The van der Waals surface area contributed by atoms with E-state index in [9.17, 15) is 4.57 Å². The molecule has 0 aliphatic carbocycles. The maximum absolute atomic E-state index is 15.9. The molecule has 0 radical (unpaired) electrons. The van der Waals surface area contributed by atoms with E-state index in [0.717, 1.165) is 0 Å². The van der Waals surface area contributed by atoms with Gasteiger partial charge in [0.05, 0.1) is 25.6 Å². The van der Waals surface area contributed by atoms with E-state index in [2.05, 4.69) is 15.0 Å². The van der Waals surface area contributed by atoms with Gasteiger partial charge < -0.3 is 15.2 Å². The van der Waals surface area contributed by atoms with Gasteiger partial charge in [0.1, 0.15) is 12.2 Å². The Kier molecular flexibility index (Phi) is 5.02. The van der Waals surface area contributed by atoms with Gasteiger partial charge in [0.25, 0.3) is 0 Å². The van der Waals surface area contributed by atoms with Crippen LogP contribution in [-0.2, 0) is 22.9 Å². The van der Waals surface area contributed by atoms with E-state index in [1.165, 1.54) is 17.8 Å². The molecule has 0 amide bonds. The first-order valence-electron chi connectivity index (χ1n) is 9.23. The minimum atomic E-state index is -3.91. The molecular weight excluding hydrogens is 408 g/mol. The number of aromatic nitrogens is 4. The van der Waals surface area contributed by atoms with Crippen molar-refractivity contribution < 1.29 is 32.0 Å². The average Bonchev–Trinajstić information content (AvgIpc) is 3.13. The number of phosphoric ester groups is 1. The Morgan fingerprint density at radius 3 is 2.93 bits per heavy atom. The van der Waals surface area contributed by atoms with Gasteiger partial charge in [-0.25, -0.2) is 13.9 Å². The van der Waals surface area contributed by atoms with Crippen LogP contribution in [0, 0.1) is 0 Å². The quantitative estimate of drug-likeness (QED) is 0.704. The SMILES string of the molecule is CCOc1nc(N)nc2c1ncn2[C@@H]1O[C@@H]2CO[P@@](=O)(OC(C)C)O[C@H]2[C@@]1(C)F. The van der Waals surface area contributed by atoms with Gasteiger partial charge in [-0.2, -0.15) is 9.97 Å². The standard InChI is InChI=1S/C16H23FN5O6P/c1-5-24-13-10-12(20-15(18)21-13)22(7-19-10)14-16(4,17)11-9(26-14)6-25-29(23,28-11)27-8(2)3/h7-9,11,14H,5-6H2,1-4H3,(H2,18,20,21)/t9-,11-,14-,16-,29+/m1/s1. The van der Waals surface area contributed by atoms with Crippen LogP contribution in [0.4, 0.5) is 10.3 Å². The molecule has 11 nitrogen and oxygen atoms in total. The summed E-state index contributed by atoms with van der Waals surface area (Å²) in [6.45, 7) is 6.66. The van der Waals surface area contributed by atoms with Crippen molar-refractivity contribution in [1.29, 1.82) is 0 Å². The van der Waals surface area contributed by atoms with Crippen molar-refractivity contribution in [3.8, 4) is 5.88 Å². The molecule has 2 aliphatic heterocycles. The molecule has 2 saturated heterocycles. The summed E-state index contributed by atoms with van der Waals surface area (Å²) in [6, 6.07) is 0. The average molecular weight is 431 g/mol. The van der Waals surface area contributed by atoms with E-state index in [1.54, 1.807) is 20.8 Å². The fraction of sp³-hybridized carbons (Fsp3) is 0.688. The zero-order chi connectivity index (χ0) is 21.0. The summed E-state index contributed by atoms with van der Waals surface area (Å²) in [5.74, 6) is 0.146. The van der Waals surface area contributed by atoms with E-state index in [0.29, 0.717) is 12.1 Å². The molecule has 2 fully saturated rings. The summed E-state index contributed by atoms with van der Waals surface area (Å²) >= 11 is 0. The Balaban J connectivity index is 1.70. The highest BCUT2D eigenvalue weighted by atomic mass is 31.2. The number of alkyl halides is 1. The molecule has 4 heterocycles. The van der Waals surface area contributed by atoms with Gasteiger partial charge in [-0.1, -0.05) is 0 Å². The number of nitrogens with two attached hydrogens (primary N) is 1. The molecule has 13 heteroatoms. The molecule has 0 bridgehead atoms. The van der Waals surface area contributed by atoms with Gasteiger partial charge in [0.15, 0.2) is 23.1 Å². The molecular formula is C16H23FN5O6P. The molecule has 0 unspecified atom stereocenters. The van der Waals surface area contributed by atoms with Crippen LogP contribution in [0.1, 0.15) is 33.9 Å². The number of imidazole rings is 1. The van der Waals surface area contributed by atoms with E-state index >= 15 is 4.39 Å². The molecule has 0 spiro atoms. The van der Waals surface area contributed by atoms with Gasteiger partial charge in [0.2, 0.25) is 11.8 Å². The molecule has 2 aromatic heterocycles. The zero-order valence-electron chi connectivity index (χ0n) is 16.4. The van der Waals surface area contributed by atoms with Crippen molar-refractivity contribution in [3.05, 3.63) is 6.33 Å². The summed E-state index contributed by atoms with van der Waals surface area (Å²) < 4.78 is 57.2. The fourth-order valence-electron chi connectivity index (χ4n) is 3.47. The molecule has 2 N–H and O–H groups in total. The molecule has 5 atom stereocenters. The predicted octanol–water partition coefficient (Wildman–Crippen LogP) is 2.38. The van der Waals surface area contributed by atoms with Gasteiger partial charge in [-0.15, -0.1) is 0 Å². The molecule has 0 aromatic carbocycles. The lowest BCUT2D eigenvalue weighted by atomic mass is 9.98. The second kappa shape index (κ2) is 7.13. The Labute approximate surface area is 166 Å². The van der Waals surface area contributed by atoms with Crippen molar-refractivity contribution in [2.75, 3.05) is 18.9 Å². The van der Waals surface area contributed by atoms with E-state index in [1.807, 2.05) is 0 Å². The van der Waals surface area contributed by atoms with Crippen molar-refractivity contribution in [2.24, 2.45) is 0 Å². The first kappa shape index (κ1) is 20.4. The third-order valence-electron chi connectivity index (χ3n) is 4.60.